The minimum absolute atomic E-state index is 0.205. The zero-order valence-electron chi connectivity index (χ0n) is 10.7. The Bertz CT molecular complexity index is 524. The van der Waals surface area contributed by atoms with Crippen molar-refractivity contribution in [2.75, 3.05) is 26.2 Å². The fourth-order valence-electron chi connectivity index (χ4n) is 1.89. The molecular weight excluding hydrogens is 388 g/mol. The molecule has 0 aromatic carbocycles. The van der Waals surface area contributed by atoms with Crippen molar-refractivity contribution in [3.63, 3.8) is 0 Å². The van der Waals surface area contributed by atoms with E-state index in [9.17, 15) is 8.42 Å². The number of sulfonamides is 1. The number of nitrogens with one attached hydrogen (secondary N) is 2. The number of halogens is 2. The minimum Gasteiger partial charge on any atom is -0.377 e. The number of hydrogen-bond acceptors (Lipinski definition) is 5. The SMILES string of the molecule is O=S(=O)(NCCOC1CCNCC1)c1cc(Cl)c(Br)s1. The van der Waals surface area contributed by atoms with E-state index in [-0.39, 0.29) is 16.9 Å². The van der Waals surface area contributed by atoms with E-state index in [1.54, 1.807) is 0 Å². The van der Waals surface area contributed by atoms with Gasteiger partial charge in [0.05, 0.1) is 21.5 Å². The second-order valence-corrected chi connectivity index (χ2v) is 9.18. The summed E-state index contributed by atoms with van der Waals surface area (Å²) < 4.78 is 33.0. The predicted octanol–water partition coefficient (Wildman–Crippen LogP) is 2.21. The van der Waals surface area contributed by atoms with Gasteiger partial charge >= 0.3 is 0 Å². The van der Waals surface area contributed by atoms with Gasteiger partial charge in [-0.15, -0.1) is 11.3 Å². The van der Waals surface area contributed by atoms with Crippen LogP contribution in [0.3, 0.4) is 0 Å². The molecule has 2 N–H and O–H groups in total. The Labute approximate surface area is 136 Å². The van der Waals surface area contributed by atoms with Gasteiger partial charge in [-0.3, -0.25) is 0 Å². The Morgan fingerprint density at radius 1 is 1.50 bits per heavy atom. The van der Waals surface area contributed by atoms with E-state index in [0.29, 0.717) is 15.4 Å². The molecule has 0 aliphatic carbocycles. The van der Waals surface area contributed by atoms with Gasteiger partial charge in [0.15, 0.2) is 0 Å². The number of ether oxygens (including phenoxy) is 1. The lowest BCUT2D eigenvalue weighted by Crippen LogP contribution is -2.34. The molecular formula is C11H16BrClN2O3S2. The number of hydrogen-bond donors (Lipinski definition) is 2. The Kier molecular flexibility index (Phi) is 6.27. The standard InChI is InChI=1S/C11H16BrClN2O3S2/c12-11-9(13)7-10(19-11)20(16,17)15-5-6-18-8-1-3-14-4-2-8/h7-8,14-15H,1-6H2. The minimum atomic E-state index is -3.50. The molecule has 1 aliphatic rings. The van der Waals surface area contributed by atoms with Crippen molar-refractivity contribution >= 4 is 48.9 Å². The topological polar surface area (TPSA) is 67.4 Å². The maximum atomic E-state index is 12.0. The molecule has 0 unspecified atom stereocenters. The summed E-state index contributed by atoms with van der Waals surface area (Å²) in [5.74, 6) is 0. The third kappa shape index (κ3) is 4.66. The van der Waals surface area contributed by atoms with E-state index in [0.717, 1.165) is 37.3 Å². The quantitative estimate of drug-likeness (QED) is 0.715. The first-order valence-electron chi connectivity index (χ1n) is 6.26. The van der Waals surface area contributed by atoms with Crippen LogP contribution in [0.4, 0.5) is 0 Å². The van der Waals surface area contributed by atoms with Gasteiger partial charge in [0.25, 0.3) is 0 Å². The average Bonchev–Trinajstić information content (AvgIpc) is 2.77. The van der Waals surface area contributed by atoms with Crippen LogP contribution in [0.5, 0.6) is 0 Å². The molecule has 0 amide bonds. The molecule has 5 nitrogen and oxygen atoms in total. The summed E-state index contributed by atoms with van der Waals surface area (Å²) >= 11 is 10.1. The molecule has 0 bridgehead atoms. The Morgan fingerprint density at radius 2 is 2.20 bits per heavy atom. The molecule has 0 radical (unpaired) electrons. The summed E-state index contributed by atoms with van der Waals surface area (Å²) in [7, 11) is -3.50. The van der Waals surface area contributed by atoms with E-state index >= 15 is 0 Å². The van der Waals surface area contributed by atoms with Crippen molar-refractivity contribution in [2.24, 2.45) is 0 Å². The zero-order valence-corrected chi connectivity index (χ0v) is 14.7. The fourth-order valence-corrected chi connectivity index (χ4v) is 5.35. The average molecular weight is 404 g/mol. The lowest BCUT2D eigenvalue weighted by Gasteiger charge is -2.22. The monoisotopic (exact) mass is 402 g/mol. The van der Waals surface area contributed by atoms with Gasteiger partial charge in [-0.05, 0) is 47.9 Å². The van der Waals surface area contributed by atoms with Gasteiger partial charge < -0.3 is 10.1 Å². The van der Waals surface area contributed by atoms with Crippen LogP contribution in [0.25, 0.3) is 0 Å². The summed E-state index contributed by atoms with van der Waals surface area (Å²) in [5, 5.41) is 3.66. The van der Waals surface area contributed by atoms with Crippen molar-refractivity contribution in [1.29, 1.82) is 0 Å². The van der Waals surface area contributed by atoms with Crippen LogP contribution in [-0.4, -0.2) is 40.8 Å². The third-order valence-corrected chi connectivity index (χ3v) is 7.33. The number of rotatable bonds is 6. The Morgan fingerprint density at radius 3 is 2.80 bits per heavy atom. The summed E-state index contributed by atoms with van der Waals surface area (Å²) in [5.41, 5.74) is 0. The second kappa shape index (κ2) is 7.53. The van der Waals surface area contributed by atoms with Gasteiger partial charge in [0.1, 0.15) is 4.21 Å². The summed E-state index contributed by atoms with van der Waals surface area (Å²) in [6, 6.07) is 1.44. The highest BCUT2D eigenvalue weighted by Gasteiger charge is 2.19. The van der Waals surface area contributed by atoms with Gasteiger partial charge in [0, 0.05) is 6.54 Å². The van der Waals surface area contributed by atoms with Crippen LogP contribution in [-0.2, 0) is 14.8 Å². The van der Waals surface area contributed by atoms with E-state index < -0.39 is 10.0 Å². The molecule has 0 saturated carbocycles. The molecule has 9 heteroatoms. The molecule has 20 heavy (non-hydrogen) atoms. The second-order valence-electron chi connectivity index (χ2n) is 4.41. The van der Waals surface area contributed by atoms with Crippen LogP contribution < -0.4 is 10.0 Å². The molecule has 0 atom stereocenters. The lowest BCUT2D eigenvalue weighted by atomic mass is 10.1. The van der Waals surface area contributed by atoms with E-state index in [1.807, 2.05) is 0 Å². The molecule has 114 valence electrons. The molecule has 1 aromatic heterocycles. The van der Waals surface area contributed by atoms with Crippen LogP contribution in [0.1, 0.15) is 12.8 Å². The van der Waals surface area contributed by atoms with Crippen molar-refractivity contribution < 1.29 is 13.2 Å². The van der Waals surface area contributed by atoms with Crippen molar-refractivity contribution in [2.45, 2.75) is 23.2 Å². The largest absolute Gasteiger partial charge is 0.377 e. The Hall–Kier alpha value is 0.300. The van der Waals surface area contributed by atoms with Crippen LogP contribution in [0.2, 0.25) is 5.02 Å². The molecule has 1 aromatic rings. The maximum Gasteiger partial charge on any atom is 0.250 e. The smallest absolute Gasteiger partial charge is 0.250 e. The fraction of sp³-hybridized carbons (Fsp3) is 0.636. The highest BCUT2D eigenvalue weighted by molar-refractivity contribution is 9.11. The third-order valence-electron chi connectivity index (χ3n) is 2.92. The lowest BCUT2D eigenvalue weighted by molar-refractivity contribution is 0.0367. The molecule has 0 spiro atoms. The normalized spacial score (nSPS) is 17.5. The van der Waals surface area contributed by atoms with Gasteiger partial charge in [-0.25, -0.2) is 13.1 Å². The number of thiophene rings is 1. The highest BCUT2D eigenvalue weighted by Crippen LogP contribution is 2.34. The summed E-state index contributed by atoms with van der Waals surface area (Å²) in [6.07, 6.45) is 2.17. The molecule has 1 aliphatic heterocycles. The number of piperidine rings is 1. The van der Waals surface area contributed by atoms with Crippen LogP contribution in [0, 0.1) is 0 Å². The van der Waals surface area contributed by atoms with E-state index in [4.69, 9.17) is 16.3 Å². The summed E-state index contributed by atoms with van der Waals surface area (Å²) in [4.78, 5) is 0. The molecule has 1 saturated heterocycles. The van der Waals surface area contributed by atoms with Crippen LogP contribution in [0.15, 0.2) is 14.1 Å². The maximum absolute atomic E-state index is 12.0. The van der Waals surface area contributed by atoms with Gasteiger partial charge in [-0.1, -0.05) is 11.6 Å². The highest BCUT2D eigenvalue weighted by atomic mass is 79.9. The zero-order chi connectivity index (χ0) is 14.6. The summed E-state index contributed by atoms with van der Waals surface area (Å²) in [6.45, 7) is 2.56. The van der Waals surface area contributed by atoms with Crippen molar-refractivity contribution in [1.82, 2.24) is 10.0 Å². The van der Waals surface area contributed by atoms with E-state index in [1.165, 1.54) is 6.07 Å². The van der Waals surface area contributed by atoms with Crippen molar-refractivity contribution in [3.05, 3.63) is 14.9 Å². The first-order valence-corrected chi connectivity index (χ1v) is 9.73. The van der Waals surface area contributed by atoms with Crippen LogP contribution >= 0.6 is 38.9 Å². The van der Waals surface area contributed by atoms with Crippen molar-refractivity contribution in [3.8, 4) is 0 Å². The predicted molar refractivity (Wildman–Crippen MR) is 84.1 cm³/mol. The molecule has 2 rings (SSSR count). The molecule has 2 heterocycles. The molecule has 1 fully saturated rings. The van der Waals surface area contributed by atoms with Gasteiger partial charge in [-0.2, -0.15) is 0 Å². The Balaban J connectivity index is 1.77. The first kappa shape index (κ1) is 16.7. The van der Waals surface area contributed by atoms with E-state index in [2.05, 4.69) is 26.0 Å². The van der Waals surface area contributed by atoms with Gasteiger partial charge in [0.2, 0.25) is 10.0 Å². The first-order chi connectivity index (χ1) is 9.49.